The number of rotatable bonds is 6. The molecule has 0 radical (unpaired) electrons. The van der Waals surface area contributed by atoms with Crippen LogP contribution in [0.3, 0.4) is 0 Å². The SMILES string of the molecule is Cc1ccc(CN(C)[C@@H](C(=O)NC2CC2)c2ccccc2)cc1. The van der Waals surface area contributed by atoms with Gasteiger partial charge in [-0.3, -0.25) is 9.69 Å². The number of carbonyl (C=O) groups excluding carboxylic acids is 1. The van der Waals surface area contributed by atoms with Gasteiger partial charge in [-0.1, -0.05) is 60.2 Å². The summed E-state index contributed by atoms with van der Waals surface area (Å²) in [7, 11) is 2.02. The van der Waals surface area contributed by atoms with Crippen LogP contribution in [0.15, 0.2) is 54.6 Å². The van der Waals surface area contributed by atoms with Gasteiger partial charge in [0.15, 0.2) is 0 Å². The highest BCUT2D eigenvalue weighted by atomic mass is 16.2. The molecular weight excluding hydrogens is 284 g/mol. The summed E-state index contributed by atoms with van der Waals surface area (Å²) in [6, 6.07) is 18.7. The molecule has 1 amide bonds. The smallest absolute Gasteiger partial charge is 0.242 e. The van der Waals surface area contributed by atoms with Gasteiger partial charge in [-0.2, -0.15) is 0 Å². The lowest BCUT2D eigenvalue weighted by atomic mass is 10.0. The molecule has 3 rings (SSSR count). The van der Waals surface area contributed by atoms with Crippen LogP contribution < -0.4 is 5.32 Å². The third-order valence-corrected chi connectivity index (χ3v) is 4.28. The Kier molecular flexibility index (Phi) is 4.77. The van der Waals surface area contributed by atoms with Crippen LogP contribution in [-0.4, -0.2) is 23.9 Å². The number of hydrogen-bond donors (Lipinski definition) is 1. The average Bonchev–Trinajstić information content (AvgIpc) is 3.35. The molecule has 23 heavy (non-hydrogen) atoms. The first-order valence-corrected chi connectivity index (χ1v) is 8.24. The van der Waals surface area contributed by atoms with Gasteiger partial charge >= 0.3 is 0 Å². The number of benzene rings is 2. The van der Waals surface area contributed by atoms with E-state index >= 15 is 0 Å². The van der Waals surface area contributed by atoms with Crippen LogP contribution in [0.4, 0.5) is 0 Å². The standard InChI is InChI=1S/C20H24N2O/c1-15-8-10-16(11-9-15)14-22(2)19(17-6-4-3-5-7-17)20(23)21-18-12-13-18/h3-11,18-19H,12-14H2,1-2H3,(H,21,23)/t19-/m1/s1. The fourth-order valence-electron chi connectivity index (χ4n) is 2.82. The Morgan fingerprint density at radius 2 is 1.78 bits per heavy atom. The molecule has 0 heterocycles. The van der Waals surface area contributed by atoms with E-state index in [4.69, 9.17) is 0 Å². The normalized spacial score (nSPS) is 15.4. The minimum Gasteiger partial charge on any atom is -0.352 e. The first-order chi connectivity index (χ1) is 11.1. The van der Waals surface area contributed by atoms with Gasteiger partial charge in [-0.25, -0.2) is 0 Å². The zero-order chi connectivity index (χ0) is 16.2. The van der Waals surface area contributed by atoms with E-state index < -0.39 is 0 Å². The van der Waals surface area contributed by atoms with Crippen LogP contribution in [0.2, 0.25) is 0 Å². The van der Waals surface area contributed by atoms with E-state index in [1.54, 1.807) is 0 Å². The molecule has 120 valence electrons. The van der Waals surface area contributed by atoms with Crippen molar-refractivity contribution in [2.24, 2.45) is 0 Å². The van der Waals surface area contributed by atoms with Crippen molar-refractivity contribution in [1.29, 1.82) is 0 Å². The number of nitrogens with zero attached hydrogens (tertiary/aromatic N) is 1. The second kappa shape index (κ2) is 6.97. The van der Waals surface area contributed by atoms with Crippen molar-refractivity contribution < 1.29 is 4.79 Å². The van der Waals surface area contributed by atoms with Gasteiger partial charge in [0.1, 0.15) is 6.04 Å². The van der Waals surface area contributed by atoms with E-state index in [1.807, 2.05) is 37.4 Å². The van der Waals surface area contributed by atoms with E-state index in [1.165, 1.54) is 11.1 Å². The maximum atomic E-state index is 12.7. The van der Waals surface area contributed by atoms with Crippen molar-refractivity contribution in [3.05, 3.63) is 71.3 Å². The minimum absolute atomic E-state index is 0.105. The third kappa shape index (κ3) is 4.20. The summed E-state index contributed by atoms with van der Waals surface area (Å²) in [5, 5.41) is 3.15. The highest BCUT2D eigenvalue weighted by Crippen LogP contribution is 2.25. The molecule has 1 atom stereocenters. The summed E-state index contributed by atoms with van der Waals surface area (Å²) in [6.45, 7) is 2.83. The van der Waals surface area contributed by atoms with Crippen molar-refractivity contribution in [1.82, 2.24) is 10.2 Å². The molecule has 3 nitrogen and oxygen atoms in total. The largest absolute Gasteiger partial charge is 0.352 e. The Morgan fingerprint density at radius 1 is 1.13 bits per heavy atom. The lowest BCUT2D eigenvalue weighted by Crippen LogP contribution is -2.39. The van der Waals surface area contributed by atoms with Crippen LogP contribution in [0.1, 0.15) is 35.6 Å². The summed E-state index contributed by atoms with van der Waals surface area (Å²) in [5.41, 5.74) is 3.51. The molecule has 1 aliphatic rings. The van der Waals surface area contributed by atoms with Gasteiger partial charge in [0.25, 0.3) is 0 Å². The first-order valence-electron chi connectivity index (χ1n) is 8.24. The van der Waals surface area contributed by atoms with Gasteiger partial charge in [0.05, 0.1) is 0 Å². The predicted molar refractivity (Wildman–Crippen MR) is 93.0 cm³/mol. The summed E-state index contributed by atoms with van der Waals surface area (Å²) >= 11 is 0. The molecule has 2 aromatic carbocycles. The van der Waals surface area contributed by atoms with Gasteiger partial charge in [0.2, 0.25) is 5.91 Å². The summed E-state index contributed by atoms with van der Waals surface area (Å²) in [6.07, 6.45) is 2.21. The van der Waals surface area contributed by atoms with Gasteiger partial charge < -0.3 is 5.32 Å². The number of nitrogens with one attached hydrogen (secondary N) is 1. The summed E-state index contributed by atoms with van der Waals surface area (Å²) < 4.78 is 0. The number of aryl methyl sites for hydroxylation is 1. The summed E-state index contributed by atoms with van der Waals surface area (Å²) in [5.74, 6) is 0.105. The summed E-state index contributed by atoms with van der Waals surface area (Å²) in [4.78, 5) is 14.8. The monoisotopic (exact) mass is 308 g/mol. The van der Waals surface area contributed by atoms with Gasteiger partial charge in [-0.05, 0) is 37.9 Å². The first kappa shape index (κ1) is 15.8. The molecule has 0 aliphatic heterocycles. The molecule has 0 bridgehead atoms. The average molecular weight is 308 g/mol. The fourth-order valence-corrected chi connectivity index (χ4v) is 2.82. The van der Waals surface area contributed by atoms with Crippen LogP contribution in [-0.2, 0) is 11.3 Å². The fraction of sp³-hybridized carbons (Fsp3) is 0.350. The molecule has 1 aliphatic carbocycles. The molecule has 0 aromatic heterocycles. The Bertz CT molecular complexity index is 647. The van der Waals surface area contributed by atoms with E-state index in [-0.39, 0.29) is 11.9 Å². The highest BCUT2D eigenvalue weighted by molar-refractivity contribution is 5.83. The molecular formula is C20H24N2O. The van der Waals surface area contributed by atoms with Gasteiger partial charge in [-0.15, -0.1) is 0 Å². The molecule has 1 fully saturated rings. The van der Waals surface area contributed by atoms with E-state index in [0.29, 0.717) is 6.04 Å². The number of carbonyl (C=O) groups is 1. The van der Waals surface area contributed by atoms with Crippen molar-refractivity contribution in [3.63, 3.8) is 0 Å². The lowest BCUT2D eigenvalue weighted by Gasteiger charge is -2.27. The lowest BCUT2D eigenvalue weighted by molar-refractivity contribution is -0.126. The minimum atomic E-state index is -0.252. The van der Waals surface area contributed by atoms with Crippen LogP contribution in [0, 0.1) is 6.92 Å². The Hall–Kier alpha value is -2.13. The molecule has 2 aromatic rings. The van der Waals surface area contributed by atoms with Gasteiger partial charge in [0, 0.05) is 12.6 Å². The third-order valence-electron chi connectivity index (χ3n) is 4.28. The number of amides is 1. The van der Waals surface area contributed by atoms with Crippen LogP contribution in [0.25, 0.3) is 0 Å². The van der Waals surface area contributed by atoms with E-state index in [2.05, 4.69) is 41.4 Å². The molecule has 1 N–H and O–H groups in total. The van der Waals surface area contributed by atoms with Crippen molar-refractivity contribution in [2.45, 2.75) is 38.4 Å². The Labute approximate surface area is 138 Å². The van der Waals surface area contributed by atoms with E-state index in [9.17, 15) is 4.79 Å². The second-order valence-corrected chi connectivity index (χ2v) is 6.50. The number of hydrogen-bond acceptors (Lipinski definition) is 2. The van der Waals surface area contributed by atoms with Crippen molar-refractivity contribution in [2.75, 3.05) is 7.05 Å². The van der Waals surface area contributed by atoms with Crippen LogP contribution in [0.5, 0.6) is 0 Å². The maximum absolute atomic E-state index is 12.7. The molecule has 3 heteroatoms. The van der Waals surface area contributed by atoms with Crippen LogP contribution >= 0.6 is 0 Å². The topological polar surface area (TPSA) is 32.3 Å². The highest BCUT2D eigenvalue weighted by Gasteiger charge is 2.30. The molecule has 0 unspecified atom stereocenters. The zero-order valence-corrected chi connectivity index (χ0v) is 13.8. The zero-order valence-electron chi connectivity index (χ0n) is 13.8. The Morgan fingerprint density at radius 3 is 2.39 bits per heavy atom. The molecule has 0 saturated heterocycles. The van der Waals surface area contributed by atoms with E-state index in [0.717, 1.165) is 24.9 Å². The molecule has 1 saturated carbocycles. The van der Waals surface area contributed by atoms with Crippen molar-refractivity contribution >= 4 is 5.91 Å². The van der Waals surface area contributed by atoms with Crippen molar-refractivity contribution in [3.8, 4) is 0 Å². The number of likely N-dealkylation sites (N-methyl/N-ethyl adjacent to an activating group) is 1. The quantitative estimate of drug-likeness (QED) is 0.886. The maximum Gasteiger partial charge on any atom is 0.242 e. The molecule has 0 spiro atoms. The second-order valence-electron chi connectivity index (χ2n) is 6.50. The Balaban J connectivity index is 1.78. The predicted octanol–water partition coefficient (Wildman–Crippen LogP) is 3.45.